The molecule has 2 N–H and O–H groups in total. The highest BCUT2D eigenvalue weighted by Crippen LogP contribution is 2.29. The van der Waals surface area contributed by atoms with Crippen LogP contribution in [0, 0.1) is 0 Å². The van der Waals surface area contributed by atoms with Crippen molar-refractivity contribution in [1.29, 1.82) is 0 Å². The van der Waals surface area contributed by atoms with Crippen LogP contribution in [0.3, 0.4) is 0 Å². The summed E-state index contributed by atoms with van der Waals surface area (Å²) in [5, 5.41) is 11.8. The Morgan fingerprint density at radius 3 is 2.68 bits per heavy atom. The molecule has 0 radical (unpaired) electrons. The van der Waals surface area contributed by atoms with Gasteiger partial charge in [-0.3, -0.25) is 0 Å². The van der Waals surface area contributed by atoms with Crippen molar-refractivity contribution in [2.24, 2.45) is 12.8 Å². The van der Waals surface area contributed by atoms with Crippen molar-refractivity contribution in [3.8, 4) is 11.5 Å². The Morgan fingerprint density at radius 1 is 1.32 bits per heavy atom. The average molecular weight is 263 g/mol. The Bertz CT molecular complexity index is 555. The predicted octanol–water partition coefficient (Wildman–Crippen LogP) is 0.470. The first kappa shape index (κ1) is 13.3. The molecular weight excluding hydrogens is 246 g/mol. The van der Waals surface area contributed by atoms with Gasteiger partial charge < -0.3 is 15.2 Å². The maximum absolute atomic E-state index is 6.17. The van der Waals surface area contributed by atoms with Crippen LogP contribution >= 0.6 is 0 Å². The first-order valence-corrected chi connectivity index (χ1v) is 5.84. The van der Waals surface area contributed by atoms with Crippen LogP contribution in [0.15, 0.2) is 18.2 Å². The van der Waals surface area contributed by atoms with Crippen LogP contribution in [0.5, 0.6) is 11.5 Å². The van der Waals surface area contributed by atoms with E-state index in [1.165, 1.54) is 4.80 Å². The molecule has 1 aromatic heterocycles. The third-order valence-electron chi connectivity index (χ3n) is 2.79. The van der Waals surface area contributed by atoms with Gasteiger partial charge >= 0.3 is 0 Å². The van der Waals surface area contributed by atoms with Gasteiger partial charge in [0.2, 0.25) is 0 Å². The number of aryl methyl sites for hydroxylation is 1. The van der Waals surface area contributed by atoms with E-state index in [-0.39, 0.29) is 6.04 Å². The Hall–Kier alpha value is -2.15. The van der Waals surface area contributed by atoms with Crippen LogP contribution in [-0.4, -0.2) is 34.4 Å². The fourth-order valence-electron chi connectivity index (χ4n) is 1.84. The molecule has 0 spiro atoms. The number of aromatic nitrogens is 4. The molecule has 1 unspecified atom stereocenters. The highest BCUT2D eigenvalue weighted by atomic mass is 16.5. The normalized spacial score (nSPS) is 12.2. The van der Waals surface area contributed by atoms with Crippen LogP contribution in [0.2, 0.25) is 0 Å². The van der Waals surface area contributed by atoms with E-state index in [1.54, 1.807) is 27.3 Å². The Morgan fingerprint density at radius 2 is 2.11 bits per heavy atom. The first-order valence-electron chi connectivity index (χ1n) is 5.84. The van der Waals surface area contributed by atoms with E-state index in [1.807, 2.05) is 12.1 Å². The van der Waals surface area contributed by atoms with Gasteiger partial charge in [-0.25, -0.2) is 0 Å². The lowest BCUT2D eigenvalue weighted by atomic mass is 10.0. The molecule has 0 saturated heterocycles. The summed E-state index contributed by atoms with van der Waals surface area (Å²) in [7, 11) is 4.93. The molecule has 19 heavy (non-hydrogen) atoms. The highest BCUT2D eigenvalue weighted by Gasteiger charge is 2.15. The van der Waals surface area contributed by atoms with Gasteiger partial charge in [-0.1, -0.05) is 6.07 Å². The highest BCUT2D eigenvalue weighted by molar-refractivity contribution is 5.42. The van der Waals surface area contributed by atoms with E-state index >= 15 is 0 Å². The van der Waals surface area contributed by atoms with Gasteiger partial charge in [-0.15, -0.1) is 10.2 Å². The summed E-state index contributed by atoms with van der Waals surface area (Å²) in [6, 6.07) is 5.28. The van der Waals surface area contributed by atoms with Gasteiger partial charge in [0, 0.05) is 24.1 Å². The molecule has 7 heteroatoms. The van der Waals surface area contributed by atoms with Gasteiger partial charge in [0.15, 0.2) is 5.82 Å². The molecular formula is C12H17N5O2. The number of tetrazole rings is 1. The zero-order chi connectivity index (χ0) is 13.8. The van der Waals surface area contributed by atoms with Crippen molar-refractivity contribution in [3.63, 3.8) is 0 Å². The molecule has 0 aliphatic heterocycles. The van der Waals surface area contributed by atoms with E-state index in [2.05, 4.69) is 15.4 Å². The summed E-state index contributed by atoms with van der Waals surface area (Å²) in [5.74, 6) is 2.02. The van der Waals surface area contributed by atoms with Crippen molar-refractivity contribution >= 4 is 0 Å². The fraction of sp³-hybridized carbons (Fsp3) is 0.417. The largest absolute Gasteiger partial charge is 0.497 e. The minimum atomic E-state index is -0.259. The second-order valence-corrected chi connectivity index (χ2v) is 4.11. The van der Waals surface area contributed by atoms with Crippen LogP contribution in [0.25, 0.3) is 0 Å². The number of benzene rings is 1. The van der Waals surface area contributed by atoms with Crippen molar-refractivity contribution in [2.75, 3.05) is 14.2 Å². The molecule has 2 aromatic rings. The molecule has 2 rings (SSSR count). The van der Waals surface area contributed by atoms with Crippen molar-refractivity contribution in [2.45, 2.75) is 12.5 Å². The SMILES string of the molecule is COc1ccc(C(N)Cc2nnn(C)n2)c(OC)c1. The number of hydrogen-bond donors (Lipinski definition) is 1. The third-order valence-corrected chi connectivity index (χ3v) is 2.79. The lowest BCUT2D eigenvalue weighted by Gasteiger charge is -2.15. The molecule has 1 heterocycles. The lowest BCUT2D eigenvalue weighted by Crippen LogP contribution is -2.15. The van der Waals surface area contributed by atoms with Gasteiger partial charge in [0.1, 0.15) is 11.5 Å². The zero-order valence-corrected chi connectivity index (χ0v) is 11.2. The molecule has 1 aromatic carbocycles. The summed E-state index contributed by atoms with van der Waals surface area (Å²) in [6.07, 6.45) is 0.497. The topological polar surface area (TPSA) is 88.1 Å². The van der Waals surface area contributed by atoms with Crippen LogP contribution in [0.4, 0.5) is 0 Å². The summed E-state index contributed by atoms with van der Waals surface area (Å²) in [5.41, 5.74) is 7.05. The Balaban J connectivity index is 2.20. The number of ether oxygens (including phenoxy) is 2. The summed E-state index contributed by atoms with van der Waals surface area (Å²) < 4.78 is 10.5. The summed E-state index contributed by atoms with van der Waals surface area (Å²) in [6.45, 7) is 0. The summed E-state index contributed by atoms with van der Waals surface area (Å²) >= 11 is 0. The second kappa shape index (κ2) is 5.66. The van der Waals surface area contributed by atoms with E-state index in [0.29, 0.717) is 18.0 Å². The molecule has 0 amide bonds. The van der Waals surface area contributed by atoms with Gasteiger partial charge in [-0.2, -0.15) is 4.80 Å². The quantitative estimate of drug-likeness (QED) is 0.843. The van der Waals surface area contributed by atoms with Gasteiger partial charge in [0.05, 0.1) is 21.3 Å². The van der Waals surface area contributed by atoms with Gasteiger partial charge in [-0.05, 0) is 11.3 Å². The van der Waals surface area contributed by atoms with Crippen LogP contribution in [-0.2, 0) is 13.5 Å². The number of rotatable bonds is 5. The maximum atomic E-state index is 6.17. The van der Waals surface area contributed by atoms with Crippen LogP contribution in [0.1, 0.15) is 17.4 Å². The minimum Gasteiger partial charge on any atom is -0.497 e. The summed E-state index contributed by atoms with van der Waals surface area (Å²) in [4.78, 5) is 1.41. The smallest absolute Gasteiger partial charge is 0.176 e. The molecule has 0 bridgehead atoms. The van der Waals surface area contributed by atoms with Crippen molar-refractivity contribution in [3.05, 3.63) is 29.6 Å². The molecule has 0 aliphatic carbocycles. The Labute approximate surface area is 111 Å². The van der Waals surface area contributed by atoms with Gasteiger partial charge in [0.25, 0.3) is 0 Å². The number of nitrogens with two attached hydrogens (primary N) is 1. The maximum Gasteiger partial charge on any atom is 0.176 e. The molecule has 0 aliphatic rings. The number of hydrogen-bond acceptors (Lipinski definition) is 6. The fourth-order valence-corrected chi connectivity index (χ4v) is 1.84. The van der Waals surface area contributed by atoms with Crippen molar-refractivity contribution < 1.29 is 9.47 Å². The van der Waals surface area contributed by atoms with E-state index in [0.717, 1.165) is 11.3 Å². The first-order chi connectivity index (χ1) is 9.13. The second-order valence-electron chi connectivity index (χ2n) is 4.11. The van der Waals surface area contributed by atoms with E-state index in [9.17, 15) is 0 Å². The molecule has 1 atom stereocenters. The van der Waals surface area contributed by atoms with Crippen LogP contribution < -0.4 is 15.2 Å². The predicted molar refractivity (Wildman–Crippen MR) is 69.0 cm³/mol. The minimum absolute atomic E-state index is 0.259. The monoisotopic (exact) mass is 263 g/mol. The Kier molecular flexibility index (Phi) is 3.96. The van der Waals surface area contributed by atoms with E-state index < -0.39 is 0 Å². The number of nitrogens with zero attached hydrogens (tertiary/aromatic N) is 4. The van der Waals surface area contributed by atoms with Crippen molar-refractivity contribution in [1.82, 2.24) is 20.2 Å². The molecule has 7 nitrogen and oxygen atoms in total. The third kappa shape index (κ3) is 3.00. The van der Waals surface area contributed by atoms with E-state index in [4.69, 9.17) is 15.2 Å². The molecule has 0 saturated carbocycles. The lowest BCUT2D eigenvalue weighted by molar-refractivity contribution is 0.388. The average Bonchev–Trinajstić information content (AvgIpc) is 2.83. The molecule has 0 fully saturated rings. The molecule has 102 valence electrons. The zero-order valence-electron chi connectivity index (χ0n) is 11.2. The standard InChI is InChI=1S/C12H17N5O2/c1-17-15-12(14-16-17)7-10(13)9-5-4-8(18-2)6-11(9)19-3/h4-6,10H,7,13H2,1-3H3. The number of methoxy groups -OCH3 is 2.